The maximum Gasteiger partial charge on any atom is 0.251 e. The van der Waals surface area contributed by atoms with Crippen LogP contribution in [0.25, 0.3) is 5.69 Å². The zero-order chi connectivity index (χ0) is 17.2. The van der Waals surface area contributed by atoms with Crippen LogP contribution in [0, 0.1) is 12.8 Å². The Morgan fingerprint density at radius 1 is 1.12 bits per heavy atom. The van der Waals surface area contributed by atoms with Crippen LogP contribution in [0.5, 0.6) is 0 Å². The summed E-state index contributed by atoms with van der Waals surface area (Å²) in [7, 11) is 0. The third-order valence-electron chi connectivity index (χ3n) is 4.45. The number of hydrogen-bond donors (Lipinski definition) is 1. The molecular weight excluding hydrogens is 314 g/mol. The van der Waals surface area contributed by atoms with Crippen LogP contribution in [0.2, 0.25) is 0 Å². The molecule has 126 valence electrons. The predicted molar refractivity (Wildman–Crippen MR) is 93.3 cm³/mol. The van der Waals surface area contributed by atoms with Crippen molar-refractivity contribution in [3.05, 3.63) is 72.1 Å². The average Bonchev–Trinajstić information content (AvgIpc) is 3.32. The van der Waals surface area contributed by atoms with Gasteiger partial charge in [0.1, 0.15) is 12.7 Å². The highest BCUT2D eigenvalue weighted by Crippen LogP contribution is 2.40. The number of pyridine rings is 1. The smallest absolute Gasteiger partial charge is 0.251 e. The fourth-order valence-electron chi connectivity index (χ4n) is 2.94. The molecule has 0 saturated heterocycles. The molecule has 2 aromatic heterocycles. The predicted octanol–water partition coefficient (Wildman–Crippen LogP) is 2.85. The molecule has 2 heterocycles. The number of carbonyl (C=O) groups excluding carboxylic acids is 1. The molecule has 1 fully saturated rings. The molecule has 1 atom stereocenters. The van der Waals surface area contributed by atoms with Crippen molar-refractivity contribution >= 4 is 5.91 Å². The van der Waals surface area contributed by atoms with Gasteiger partial charge in [-0.15, -0.1) is 10.2 Å². The Bertz CT molecular complexity index is 869. The molecule has 0 radical (unpaired) electrons. The van der Waals surface area contributed by atoms with Crippen LogP contribution in [0.3, 0.4) is 0 Å². The number of carbonyl (C=O) groups is 1. The van der Waals surface area contributed by atoms with Gasteiger partial charge in [-0.3, -0.25) is 14.3 Å². The second kappa shape index (κ2) is 6.47. The van der Waals surface area contributed by atoms with Crippen LogP contribution in [0.4, 0.5) is 0 Å². The number of aromatic nitrogens is 4. The standard InChI is InChI=1S/C19H19N5O/c1-13-3-2-4-17(22-13)18(14-5-6-14)23-19(25)15-7-9-16(10-8-15)24-11-20-21-12-24/h2-4,7-12,14,18H,5-6H2,1H3,(H,23,25). The Hall–Kier alpha value is -3.02. The van der Waals surface area contributed by atoms with Crippen molar-refractivity contribution in [3.8, 4) is 5.69 Å². The minimum atomic E-state index is -0.0736. The summed E-state index contributed by atoms with van der Waals surface area (Å²) in [6, 6.07) is 13.3. The van der Waals surface area contributed by atoms with E-state index < -0.39 is 0 Å². The minimum Gasteiger partial charge on any atom is -0.343 e. The second-order valence-electron chi connectivity index (χ2n) is 6.41. The molecule has 4 rings (SSSR count). The van der Waals surface area contributed by atoms with E-state index in [1.165, 1.54) is 0 Å². The summed E-state index contributed by atoms with van der Waals surface area (Å²) >= 11 is 0. The first kappa shape index (κ1) is 15.5. The zero-order valence-electron chi connectivity index (χ0n) is 14.0. The van der Waals surface area contributed by atoms with E-state index in [1.54, 1.807) is 17.2 Å². The molecule has 1 aromatic carbocycles. The average molecular weight is 333 g/mol. The Balaban J connectivity index is 1.52. The maximum atomic E-state index is 12.7. The number of aryl methyl sites for hydroxylation is 1. The summed E-state index contributed by atoms with van der Waals surface area (Å²) in [6.07, 6.45) is 5.52. The van der Waals surface area contributed by atoms with Crippen molar-refractivity contribution in [2.45, 2.75) is 25.8 Å². The summed E-state index contributed by atoms with van der Waals surface area (Å²) in [4.78, 5) is 17.3. The Labute approximate surface area is 145 Å². The van der Waals surface area contributed by atoms with Gasteiger partial charge in [-0.05, 0) is 62.1 Å². The molecule has 1 amide bonds. The van der Waals surface area contributed by atoms with E-state index in [-0.39, 0.29) is 11.9 Å². The first-order chi connectivity index (χ1) is 12.2. The molecule has 3 aromatic rings. The van der Waals surface area contributed by atoms with Crippen molar-refractivity contribution in [1.29, 1.82) is 0 Å². The molecular formula is C19H19N5O. The summed E-state index contributed by atoms with van der Waals surface area (Å²) < 4.78 is 1.80. The highest BCUT2D eigenvalue weighted by molar-refractivity contribution is 5.94. The van der Waals surface area contributed by atoms with Crippen LogP contribution < -0.4 is 5.32 Å². The van der Waals surface area contributed by atoms with Crippen LogP contribution in [-0.2, 0) is 0 Å². The van der Waals surface area contributed by atoms with Gasteiger partial charge in [0.05, 0.1) is 11.7 Å². The first-order valence-corrected chi connectivity index (χ1v) is 8.40. The summed E-state index contributed by atoms with van der Waals surface area (Å²) in [6.45, 7) is 1.97. The van der Waals surface area contributed by atoms with Crippen LogP contribution in [-0.4, -0.2) is 25.7 Å². The molecule has 25 heavy (non-hydrogen) atoms. The molecule has 0 spiro atoms. The molecule has 0 aliphatic heterocycles. The van der Waals surface area contributed by atoms with Gasteiger partial charge in [0.2, 0.25) is 0 Å². The van der Waals surface area contributed by atoms with E-state index in [4.69, 9.17) is 0 Å². The van der Waals surface area contributed by atoms with Crippen LogP contribution in [0.15, 0.2) is 55.1 Å². The highest BCUT2D eigenvalue weighted by atomic mass is 16.1. The molecule has 1 unspecified atom stereocenters. The molecule has 1 saturated carbocycles. The van der Waals surface area contributed by atoms with Crippen molar-refractivity contribution < 1.29 is 4.79 Å². The zero-order valence-corrected chi connectivity index (χ0v) is 14.0. The number of benzene rings is 1. The van der Waals surface area contributed by atoms with Gasteiger partial charge >= 0.3 is 0 Å². The fourth-order valence-corrected chi connectivity index (χ4v) is 2.94. The van der Waals surface area contributed by atoms with Crippen LogP contribution in [0.1, 0.15) is 40.6 Å². The minimum absolute atomic E-state index is 0.0232. The van der Waals surface area contributed by atoms with Crippen molar-refractivity contribution in [1.82, 2.24) is 25.1 Å². The SMILES string of the molecule is Cc1cccc(C(NC(=O)c2ccc(-n3cnnc3)cc2)C2CC2)n1. The monoisotopic (exact) mass is 333 g/mol. The van der Waals surface area contributed by atoms with Crippen molar-refractivity contribution in [2.24, 2.45) is 5.92 Å². The van der Waals surface area contributed by atoms with E-state index in [0.29, 0.717) is 11.5 Å². The third kappa shape index (κ3) is 3.42. The van der Waals surface area contributed by atoms with Crippen LogP contribution >= 0.6 is 0 Å². The van der Waals surface area contributed by atoms with E-state index in [2.05, 4.69) is 20.5 Å². The lowest BCUT2D eigenvalue weighted by molar-refractivity contribution is 0.0930. The lowest BCUT2D eigenvalue weighted by Gasteiger charge is -2.18. The van der Waals surface area contributed by atoms with Gasteiger partial charge in [-0.2, -0.15) is 0 Å². The quantitative estimate of drug-likeness (QED) is 0.779. The van der Waals surface area contributed by atoms with E-state index in [1.807, 2.05) is 49.4 Å². The van der Waals surface area contributed by atoms with Gasteiger partial charge in [0, 0.05) is 16.9 Å². The number of nitrogens with zero attached hydrogens (tertiary/aromatic N) is 4. The number of rotatable bonds is 5. The van der Waals surface area contributed by atoms with Gasteiger partial charge in [-0.25, -0.2) is 0 Å². The number of nitrogens with one attached hydrogen (secondary N) is 1. The van der Waals surface area contributed by atoms with Gasteiger partial charge in [-0.1, -0.05) is 6.07 Å². The second-order valence-corrected chi connectivity index (χ2v) is 6.41. The molecule has 0 bridgehead atoms. The maximum absolute atomic E-state index is 12.7. The van der Waals surface area contributed by atoms with Crippen molar-refractivity contribution in [3.63, 3.8) is 0 Å². The Morgan fingerprint density at radius 2 is 1.84 bits per heavy atom. The Morgan fingerprint density at radius 3 is 2.48 bits per heavy atom. The lowest BCUT2D eigenvalue weighted by atomic mass is 10.1. The first-order valence-electron chi connectivity index (χ1n) is 8.40. The molecule has 1 aliphatic rings. The largest absolute Gasteiger partial charge is 0.343 e. The fraction of sp³-hybridized carbons (Fsp3) is 0.263. The summed E-state index contributed by atoms with van der Waals surface area (Å²) in [5.41, 5.74) is 3.46. The molecule has 1 aliphatic carbocycles. The summed E-state index contributed by atoms with van der Waals surface area (Å²) in [5.74, 6) is 0.407. The molecule has 6 heteroatoms. The normalized spacial score (nSPS) is 14.9. The van der Waals surface area contributed by atoms with Gasteiger partial charge < -0.3 is 5.32 Å². The van der Waals surface area contributed by atoms with E-state index in [0.717, 1.165) is 29.9 Å². The lowest BCUT2D eigenvalue weighted by Crippen LogP contribution is -2.30. The molecule has 1 N–H and O–H groups in total. The highest BCUT2D eigenvalue weighted by Gasteiger charge is 2.34. The Kier molecular flexibility index (Phi) is 4.01. The van der Waals surface area contributed by atoms with E-state index >= 15 is 0 Å². The number of hydrogen-bond acceptors (Lipinski definition) is 4. The number of amides is 1. The molecule has 6 nitrogen and oxygen atoms in total. The van der Waals surface area contributed by atoms with Gasteiger partial charge in [0.25, 0.3) is 5.91 Å². The van der Waals surface area contributed by atoms with Crippen molar-refractivity contribution in [2.75, 3.05) is 0 Å². The van der Waals surface area contributed by atoms with E-state index in [9.17, 15) is 4.79 Å². The topological polar surface area (TPSA) is 72.7 Å². The third-order valence-corrected chi connectivity index (χ3v) is 4.45. The summed E-state index contributed by atoms with van der Waals surface area (Å²) in [5, 5.41) is 10.7. The van der Waals surface area contributed by atoms with Gasteiger partial charge in [0.15, 0.2) is 0 Å².